The number of hydrogen-bond donors (Lipinski definition) is 3. The van der Waals surface area contributed by atoms with Crippen LogP contribution in [0, 0.1) is 0 Å². The van der Waals surface area contributed by atoms with E-state index in [1.54, 1.807) is 0 Å². The average molecular weight is 387 g/mol. The normalized spacial score (nSPS) is 22.1. The Labute approximate surface area is 168 Å². The molecule has 1 heterocycles. The zero-order valence-electron chi connectivity index (χ0n) is 17.6. The molecule has 0 radical (unpaired) electrons. The van der Waals surface area contributed by atoms with Crippen molar-refractivity contribution in [3.8, 4) is 0 Å². The zero-order valence-corrected chi connectivity index (χ0v) is 17.6. The minimum Gasteiger partial charge on any atom is -0.308 e. The number of fused-ring (bicyclic) bond motifs is 1. The molecular weight excluding hydrogens is 352 g/mol. The van der Waals surface area contributed by atoms with Gasteiger partial charge in [0, 0.05) is 37.5 Å². The smallest absolute Gasteiger partial charge is 0.308 e. The highest BCUT2D eigenvalue weighted by atomic mass is 16.2. The topological polar surface area (TPSA) is 72.0 Å². The third-order valence-corrected chi connectivity index (χ3v) is 5.47. The molecule has 7 nitrogen and oxygen atoms in total. The lowest BCUT2D eigenvalue weighted by Crippen LogP contribution is -2.60. The van der Waals surface area contributed by atoms with Crippen LogP contribution in [0.4, 0.5) is 10.5 Å². The summed E-state index contributed by atoms with van der Waals surface area (Å²) < 4.78 is 0. The van der Waals surface area contributed by atoms with E-state index in [9.17, 15) is 4.79 Å². The fourth-order valence-electron chi connectivity index (χ4n) is 3.99. The maximum absolute atomic E-state index is 12.6. The maximum Gasteiger partial charge on any atom is 0.321 e. The summed E-state index contributed by atoms with van der Waals surface area (Å²) in [4.78, 5) is 21.7. The van der Waals surface area contributed by atoms with E-state index in [0.717, 1.165) is 50.3 Å². The number of anilines is 1. The Bertz CT molecular complexity index is 717. The van der Waals surface area contributed by atoms with Crippen LogP contribution in [-0.4, -0.2) is 67.7 Å². The lowest BCUT2D eigenvalue weighted by Gasteiger charge is -2.39. The van der Waals surface area contributed by atoms with E-state index in [2.05, 4.69) is 63.9 Å². The molecule has 0 aromatic heterocycles. The summed E-state index contributed by atoms with van der Waals surface area (Å²) in [6.45, 7) is 6.81. The fraction of sp³-hybridized carbons (Fsp3) is 0.619. The molecule has 154 valence electrons. The van der Waals surface area contributed by atoms with Crippen LogP contribution in [0.5, 0.6) is 0 Å². The van der Waals surface area contributed by atoms with Gasteiger partial charge in [-0.1, -0.05) is 13.0 Å². The van der Waals surface area contributed by atoms with Crippen LogP contribution in [-0.2, 0) is 12.8 Å². The van der Waals surface area contributed by atoms with E-state index in [4.69, 9.17) is 0 Å². The van der Waals surface area contributed by atoms with Gasteiger partial charge in [-0.05, 0) is 63.5 Å². The predicted octanol–water partition coefficient (Wildman–Crippen LogP) is 2.24. The number of carbonyl (C=O) groups is 1. The van der Waals surface area contributed by atoms with Crippen LogP contribution >= 0.6 is 0 Å². The van der Waals surface area contributed by atoms with Crippen LogP contribution in [0.3, 0.4) is 0 Å². The summed E-state index contributed by atoms with van der Waals surface area (Å²) in [5.74, 6) is 0. The van der Waals surface area contributed by atoms with E-state index in [1.807, 2.05) is 13.0 Å². The second-order valence-electron chi connectivity index (χ2n) is 7.98. The van der Waals surface area contributed by atoms with E-state index in [1.165, 1.54) is 17.5 Å². The number of urea groups is 1. The summed E-state index contributed by atoms with van der Waals surface area (Å²) in [5, 5.41) is 9.61. The monoisotopic (exact) mass is 386 g/mol. The first-order chi connectivity index (χ1) is 13.5. The summed E-state index contributed by atoms with van der Waals surface area (Å²) >= 11 is 0. The Balaban J connectivity index is 1.60. The van der Waals surface area contributed by atoms with E-state index in [-0.39, 0.29) is 18.5 Å². The lowest BCUT2D eigenvalue weighted by atomic mass is 10.1. The molecule has 0 saturated carbocycles. The Morgan fingerprint density at radius 3 is 2.82 bits per heavy atom. The van der Waals surface area contributed by atoms with Gasteiger partial charge >= 0.3 is 6.03 Å². The highest BCUT2D eigenvalue weighted by Crippen LogP contribution is 2.25. The summed E-state index contributed by atoms with van der Waals surface area (Å²) in [7, 11) is 4.14. The Kier molecular flexibility index (Phi) is 7.04. The van der Waals surface area contributed by atoms with Gasteiger partial charge in [0.15, 0.2) is 6.29 Å². The molecule has 3 rings (SSSR count). The molecule has 1 aliphatic carbocycles. The molecule has 2 unspecified atom stereocenters. The van der Waals surface area contributed by atoms with Gasteiger partial charge in [0.05, 0.1) is 6.17 Å². The number of benzene rings is 1. The Hall–Kier alpha value is -1.96. The minimum absolute atomic E-state index is 0.174. The number of hydrogen-bond acceptors (Lipinski definition) is 5. The zero-order chi connectivity index (χ0) is 20.1. The van der Waals surface area contributed by atoms with Crippen molar-refractivity contribution in [2.45, 2.75) is 52.0 Å². The first kappa shape index (κ1) is 20.8. The molecule has 2 amide bonds. The number of carbonyl (C=O) groups excluding carboxylic acids is 1. The molecule has 1 aromatic carbocycles. The molecule has 2 atom stereocenters. The molecule has 0 fully saturated rings. The van der Waals surface area contributed by atoms with Crippen LogP contribution in [0.25, 0.3) is 0 Å². The van der Waals surface area contributed by atoms with Gasteiger partial charge < -0.3 is 20.9 Å². The third-order valence-electron chi connectivity index (χ3n) is 5.47. The molecule has 3 N–H and O–H groups in total. The van der Waals surface area contributed by atoms with Crippen LogP contribution in [0.2, 0.25) is 0 Å². The number of nitrogens with one attached hydrogen (secondary N) is 3. The molecule has 28 heavy (non-hydrogen) atoms. The highest BCUT2D eigenvalue weighted by Gasteiger charge is 2.30. The van der Waals surface area contributed by atoms with Gasteiger partial charge in [-0.2, -0.15) is 0 Å². The quantitative estimate of drug-likeness (QED) is 0.672. The summed E-state index contributed by atoms with van der Waals surface area (Å²) in [6.07, 6.45) is 4.13. The van der Waals surface area contributed by atoms with Gasteiger partial charge in [0.1, 0.15) is 0 Å². The second kappa shape index (κ2) is 9.49. The molecule has 1 aromatic rings. The number of nitrogens with zero attached hydrogens (tertiary/aromatic N) is 3. The van der Waals surface area contributed by atoms with Gasteiger partial charge in [-0.25, -0.2) is 9.69 Å². The average Bonchev–Trinajstić information content (AvgIpc) is 3.09. The number of rotatable bonds is 7. The van der Waals surface area contributed by atoms with E-state index >= 15 is 0 Å². The molecule has 2 aliphatic rings. The highest BCUT2D eigenvalue weighted by molar-refractivity contribution is 5.90. The minimum atomic E-state index is -0.356. The van der Waals surface area contributed by atoms with E-state index in [0.29, 0.717) is 0 Å². The lowest BCUT2D eigenvalue weighted by molar-refractivity contribution is 0.0970. The Morgan fingerprint density at radius 2 is 2.07 bits per heavy atom. The maximum atomic E-state index is 12.6. The van der Waals surface area contributed by atoms with Crippen molar-refractivity contribution in [2.75, 3.05) is 39.0 Å². The predicted molar refractivity (Wildman–Crippen MR) is 115 cm³/mol. The molecule has 0 spiro atoms. The largest absolute Gasteiger partial charge is 0.321 e. The third kappa shape index (κ3) is 5.31. The van der Waals surface area contributed by atoms with Crippen molar-refractivity contribution in [3.63, 3.8) is 0 Å². The van der Waals surface area contributed by atoms with Crippen molar-refractivity contribution in [3.05, 3.63) is 29.3 Å². The van der Waals surface area contributed by atoms with Crippen molar-refractivity contribution in [2.24, 2.45) is 4.99 Å². The van der Waals surface area contributed by atoms with Crippen LogP contribution in [0.1, 0.15) is 37.8 Å². The van der Waals surface area contributed by atoms with Gasteiger partial charge in [-0.3, -0.25) is 4.99 Å². The molecule has 0 saturated heterocycles. The van der Waals surface area contributed by atoms with Gasteiger partial charge in [0.2, 0.25) is 0 Å². The second-order valence-corrected chi connectivity index (χ2v) is 7.98. The number of amides is 2. The molecule has 0 bridgehead atoms. The standard InChI is InChI=1S/C21H34N6O/c1-5-27-19(22-11-12-26(3)4)13-15(2)23-20(27)25-21(28)24-18-10-9-16-7-6-8-17(16)14-18/h9-10,14,19-20,22H,5-8,11-13H2,1-4H3,(H2,24,25,28). The molecular formula is C21H34N6O. The SMILES string of the molecule is CCN1C(NCCN(C)C)CC(C)=NC1NC(=O)Nc1ccc2c(c1)CCC2. The molecule has 1 aliphatic heterocycles. The van der Waals surface area contributed by atoms with Crippen molar-refractivity contribution in [1.82, 2.24) is 20.4 Å². The van der Waals surface area contributed by atoms with Crippen LogP contribution < -0.4 is 16.0 Å². The van der Waals surface area contributed by atoms with Crippen molar-refractivity contribution in [1.29, 1.82) is 0 Å². The summed E-state index contributed by atoms with van der Waals surface area (Å²) in [6, 6.07) is 6.00. The van der Waals surface area contributed by atoms with Crippen LogP contribution in [0.15, 0.2) is 23.2 Å². The van der Waals surface area contributed by atoms with E-state index < -0.39 is 0 Å². The van der Waals surface area contributed by atoms with Gasteiger partial charge in [-0.15, -0.1) is 0 Å². The van der Waals surface area contributed by atoms with Crippen molar-refractivity contribution >= 4 is 17.4 Å². The first-order valence-corrected chi connectivity index (χ1v) is 10.3. The number of likely N-dealkylation sites (N-methyl/N-ethyl adjacent to an activating group) is 1. The number of aliphatic imine (C=N–C) groups is 1. The van der Waals surface area contributed by atoms with Crippen molar-refractivity contribution < 1.29 is 4.79 Å². The first-order valence-electron chi connectivity index (χ1n) is 10.3. The fourth-order valence-corrected chi connectivity index (χ4v) is 3.99. The Morgan fingerprint density at radius 1 is 1.29 bits per heavy atom. The molecule has 7 heteroatoms. The van der Waals surface area contributed by atoms with Gasteiger partial charge in [0.25, 0.3) is 0 Å². The number of aryl methyl sites for hydroxylation is 2. The summed E-state index contributed by atoms with van der Waals surface area (Å²) in [5.41, 5.74) is 4.65.